The monoisotopic (exact) mass is 330 g/mol. The minimum absolute atomic E-state index is 0.229. The lowest BCUT2D eigenvalue weighted by atomic mass is 10.1. The molecule has 4 nitrogen and oxygen atoms in total. The van der Waals surface area contributed by atoms with E-state index in [1.807, 2.05) is 42.2 Å². The Hall–Kier alpha value is -1.88. The molecular weight excluding hydrogens is 308 g/mol. The van der Waals surface area contributed by atoms with Gasteiger partial charge in [0.1, 0.15) is 17.4 Å². The molecule has 1 saturated heterocycles. The molecular formula is C18H22N2O2S. The maximum absolute atomic E-state index is 12.4. The molecule has 0 unspecified atom stereocenters. The van der Waals surface area contributed by atoms with Gasteiger partial charge < -0.3 is 9.64 Å². The third-order valence-electron chi connectivity index (χ3n) is 4.06. The number of hydrogen-bond donors (Lipinski definition) is 0. The average molecular weight is 330 g/mol. The number of carbonyl (C=O) groups excluding carboxylic acids is 1. The summed E-state index contributed by atoms with van der Waals surface area (Å²) in [4.78, 5) is 20.0. The first-order valence-electron chi connectivity index (χ1n) is 8.13. The summed E-state index contributed by atoms with van der Waals surface area (Å²) >= 11 is 1.59. The summed E-state index contributed by atoms with van der Waals surface area (Å²) in [6, 6.07) is 9.73. The van der Waals surface area contributed by atoms with Crippen molar-refractivity contribution in [3.05, 3.63) is 45.9 Å². The molecule has 2 aromatic rings. The van der Waals surface area contributed by atoms with E-state index in [2.05, 4.69) is 4.98 Å². The van der Waals surface area contributed by atoms with E-state index in [0.717, 1.165) is 47.3 Å². The van der Waals surface area contributed by atoms with E-state index in [0.29, 0.717) is 13.0 Å². The highest BCUT2D eigenvalue weighted by molar-refractivity contribution is 7.11. The van der Waals surface area contributed by atoms with Crippen molar-refractivity contribution >= 4 is 17.2 Å². The van der Waals surface area contributed by atoms with Crippen molar-refractivity contribution in [2.75, 3.05) is 13.1 Å². The van der Waals surface area contributed by atoms with E-state index >= 15 is 0 Å². The Labute approximate surface area is 141 Å². The van der Waals surface area contributed by atoms with Crippen LogP contribution in [-0.4, -0.2) is 28.9 Å². The summed E-state index contributed by atoms with van der Waals surface area (Å²) in [7, 11) is 0. The van der Waals surface area contributed by atoms with Crippen molar-refractivity contribution in [2.24, 2.45) is 0 Å². The van der Waals surface area contributed by atoms with E-state index < -0.39 is 0 Å². The molecule has 2 heterocycles. The fourth-order valence-electron chi connectivity index (χ4n) is 2.77. The third kappa shape index (κ3) is 4.32. The number of benzene rings is 1. The molecule has 1 amide bonds. The summed E-state index contributed by atoms with van der Waals surface area (Å²) in [6.45, 7) is 4.23. The van der Waals surface area contributed by atoms with E-state index in [4.69, 9.17) is 4.74 Å². The molecule has 0 bridgehead atoms. The number of rotatable bonds is 5. The normalized spacial score (nSPS) is 14.7. The first kappa shape index (κ1) is 16.0. The maximum Gasteiger partial charge on any atom is 0.227 e. The Morgan fingerprint density at radius 3 is 2.70 bits per heavy atom. The number of aromatic nitrogens is 1. The molecule has 0 radical (unpaired) electrons. The Bertz CT molecular complexity index is 648. The number of aryl methyl sites for hydroxylation is 1. The van der Waals surface area contributed by atoms with Gasteiger partial charge in [-0.1, -0.05) is 18.2 Å². The number of nitrogens with zero attached hydrogens (tertiary/aromatic N) is 2. The van der Waals surface area contributed by atoms with Gasteiger partial charge in [0.15, 0.2) is 0 Å². The van der Waals surface area contributed by atoms with Gasteiger partial charge in [-0.3, -0.25) is 4.79 Å². The van der Waals surface area contributed by atoms with Crippen molar-refractivity contribution in [3.8, 4) is 5.75 Å². The van der Waals surface area contributed by atoms with Crippen LogP contribution in [0.4, 0.5) is 0 Å². The van der Waals surface area contributed by atoms with Crippen molar-refractivity contribution in [1.29, 1.82) is 0 Å². The minimum Gasteiger partial charge on any atom is -0.486 e. The number of ether oxygens (including phenoxy) is 1. The zero-order valence-electron chi connectivity index (χ0n) is 13.5. The minimum atomic E-state index is 0.229. The largest absolute Gasteiger partial charge is 0.486 e. The Morgan fingerprint density at radius 2 is 1.96 bits per heavy atom. The van der Waals surface area contributed by atoms with Crippen LogP contribution in [0.2, 0.25) is 0 Å². The molecule has 0 spiro atoms. The zero-order valence-corrected chi connectivity index (χ0v) is 14.3. The summed E-state index contributed by atoms with van der Waals surface area (Å²) < 4.78 is 5.73. The zero-order chi connectivity index (χ0) is 16.1. The van der Waals surface area contributed by atoms with E-state index in [-0.39, 0.29) is 5.91 Å². The van der Waals surface area contributed by atoms with Crippen LogP contribution in [0, 0.1) is 6.92 Å². The number of thiazole rings is 1. The molecule has 0 saturated carbocycles. The van der Waals surface area contributed by atoms with Crippen molar-refractivity contribution in [3.63, 3.8) is 0 Å². The van der Waals surface area contributed by atoms with E-state index in [1.165, 1.54) is 6.42 Å². The van der Waals surface area contributed by atoms with Crippen LogP contribution in [0.5, 0.6) is 5.75 Å². The molecule has 23 heavy (non-hydrogen) atoms. The van der Waals surface area contributed by atoms with Gasteiger partial charge in [0.05, 0.1) is 12.1 Å². The average Bonchev–Trinajstić information content (AvgIpc) is 2.94. The van der Waals surface area contributed by atoms with Crippen molar-refractivity contribution in [2.45, 2.75) is 39.2 Å². The highest BCUT2D eigenvalue weighted by Crippen LogP contribution is 2.22. The van der Waals surface area contributed by atoms with Crippen LogP contribution in [-0.2, 0) is 17.8 Å². The summed E-state index contributed by atoms with van der Waals surface area (Å²) in [5, 5.41) is 0.924. The molecule has 0 atom stereocenters. The van der Waals surface area contributed by atoms with Crippen LogP contribution in [0.15, 0.2) is 30.3 Å². The first-order valence-corrected chi connectivity index (χ1v) is 8.95. The second-order valence-corrected chi connectivity index (χ2v) is 7.00. The van der Waals surface area contributed by atoms with Crippen LogP contribution in [0.1, 0.15) is 34.8 Å². The molecule has 1 aromatic carbocycles. The molecule has 3 rings (SSSR count). The standard InChI is InChI=1S/C18H22N2O2S/c1-14-16(12-18(21)20-10-6-3-7-11-20)23-17(19-14)13-22-15-8-4-2-5-9-15/h2,4-5,8-9H,3,6-7,10-13H2,1H3. The summed E-state index contributed by atoms with van der Waals surface area (Å²) in [5.74, 6) is 1.07. The lowest BCUT2D eigenvalue weighted by Gasteiger charge is -2.26. The number of carbonyl (C=O) groups is 1. The van der Waals surface area contributed by atoms with E-state index in [1.54, 1.807) is 11.3 Å². The van der Waals surface area contributed by atoms with Gasteiger partial charge in [0.25, 0.3) is 0 Å². The number of piperidine rings is 1. The van der Waals surface area contributed by atoms with Gasteiger partial charge >= 0.3 is 0 Å². The third-order valence-corrected chi connectivity index (χ3v) is 5.19. The molecule has 1 aliphatic heterocycles. The van der Waals surface area contributed by atoms with E-state index in [9.17, 15) is 4.79 Å². The quantitative estimate of drug-likeness (QED) is 0.841. The Balaban J connectivity index is 1.58. The van der Waals surface area contributed by atoms with Crippen LogP contribution in [0.3, 0.4) is 0 Å². The van der Waals surface area contributed by atoms with Crippen LogP contribution < -0.4 is 4.74 Å². The first-order chi connectivity index (χ1) is 11.2. The van der Waals surface area contributed by atoms with Gasteiger partial charge in [-0.25, -0.2) is 4.98 Å². The molecule has 122 valence electrons. The second-order valence-electron chi connectivity index (χ2n) is 5.84. The second kappa shape index (κ2) is 7.59. The maximum atomic E-state index is 12.4. The van der Waals surface area contributed by atoms with Crippen molar-refractivity contribution < 1.29 is 9.53 Å². The van der Waals surface area contributed by atoms with Gasteiger partial charge in [-0.05, 0) is 38.3 Å². The highest BCUT2D eigenvalue weighted by atomic mass is 32.1. The van der Waals surface area contributed by atoms with Gasteiger partial charge in [-0.15, -0.1) is 11.3 Å². The fraction of sp³-hybridized carbons (Fsp3) is 0.444. The molecule has 1 aliphatic rings. The van der Waals surface area contributed by atoms with Crippen LogP contribution >= 0.6 is 11.3 Å². The number of likely N-dealkylation sites (tertiary alicyclic amines) is 1. The Morgan fingerprint density at radius 1 is 1.22 bits per heavy atom. The smallest absolute Gasteiger partial charge is 0.227 e. The van der Waals surface area contributed by atoms with Gasteiger partial charge in [0, 0.05) is 18.0 Å². The SMILES string of the molecule is Cc1nc(COc2ccccc2)sc1CC(=O)N1CCCCC1. The number of para-hydroxylation sites is 1. The van der Waals surface area contributed by atoms with Gasteiger partial charge in [-0.2, -0.15) is 0 Å². The van der Waals surface area contributed by atoms with Gasteiger partial charge in [0.2, 0.25) is 5.91 Å². The summed E-state index contributed by atoms with van der Waals surface area (Å²) in [6.07, 6.45) is 3.96. The lowest BCUT2D eigenvalue weighted by molar-refractivity contribution is -0.131. The molecule has 1 aromatic heterocycles. The molecule has 0 aliphatic carbocycles. The van der Waals surface area contributed by atoms with Crippen molar-refractivity contribution in [1.82, 2.24) is 9.88 Å². The highest BCUT2D eigenvalue weighted by Gasteiger charge is 2.19. The Kier molecular flexibility index (Phi) is 5.28. The summed E-state index contributed by atoms with van der Waals surface area (Å²) in [5.41, 5.74) is 0.951. The topological polar surface area (TPSA) is 42.4 Å². The molecule has 5 heteroatoms. The predicted molar refractivity (Wildman–Crippen MR) is 91.8 cm³/mol. The number of amides is 1. The lowest BCUT2D eigenvalue weighted by Crippen LogP contribution is -2.36. The van der Waals surface area contributed by atoms with Crippen LogP contribution in [0.25, 0.3) is 0 Å². The fourth-order valence-corrected chi connectivity index (χ4v) is 3.74. The molecule has 0 N–H and O–H groups in total. The predicted octanol–water partition coefficient (Wildman–Crippen LogP) is 3.59. The molecule has 1 fully saturated rings. The number of hydrogen-bond acceptors (Lipinski definition) is 4.